The number of nitrogens with zero attached hydrogens (tertiary/aromatic N) is 2. The van der Waals surface area contributed by atoms with E-state index >= 15 is 0 Å². The van der Waals surface area contributed by atoms with Crippen LogP contribution < -0.4 is 20.7 Å². The first kappa shape index (κ1) is 20.8. The highest BCUT2D eigenvalue weighted by molar-refractivity contribution is 5.99. The smallest absolute Gasteiger partial charge is 0.416 e. The number of rotatable bonds is 5. The molecule has 3 aromatic rings. The van der Waals surface area contributed by atoms with Crippen LogP contribution in [0, 0.1) is 5.82 Å². The van der Waals surface area contributed by atoms with Crippen LogP contribution in [0.2, 0.25) is 0 Å². The van der Waals surface area contributed by atoms with Crippen molar-refractivity contribution in [3.05, 3.63) is 66.2 Å². The number of amides is 2. The van der Waals surface area contributed by atoms with Crippen molar-refractivity contribution in [2.24, 2.45) is 0 Å². The minimum Gasteiger partial charge on any atom is -0.439 e. The largest absolute Gasteiger partial charge is 0.439 e. The maximum absolute atomic E-state index is 14.3. The summed E-state index contributed by atoms with van der Waals surface area (Å²) in [6.07, 6.45) is -3.28. The summed E-state index contributed by atoms with van der Waals surface area (Å²) in [6, 6.07) is 8.35. The second kappa shape index (κ2) is 8.64. The van der Waals surface area contributed by atoms with Crippen molar-refractivity contribution in [3.63, 3.8) is 0 Å². The number of halogens is 4. The van der Waals surface area contributed by atoms with Gasteiger partial charge in [0.25, 0.3) is 0 Å². The van der Waals surface area contributed by atoms with E-state index in [9.17, 15) is 22.4 Å². The summed E-state index contributed by atoms with van der Waals surface area (Å²) in [7, 11) is 1.66. The minimum absolute atomic E-state index is 0.0909. The molecule has 156 valence electrons. The lowest BCUT2D eigenvalue weighted by molar-refractivity contribution is -0.137. The highest BCUT2D eigenvalue weighted by Gasteiger charge is 2.30. The van der Waals surface area contributed by atoms with Gasteiger partial charge in [-0.1, -0.05) is 6.07 Å². The number of aromatic nitrogens is 2. The molecule has 0 fully saturated rings. The predicted molar refractivity (Wildman–Crippen MR) is 102 cm³/mol. The minimum atomic E-state index is -4.55. The molecule has 0 radical (unpaired) electrons. The monoisotopic (exact) mass is 421 g/mol. The zero-order valence-electron chi connectivity index (χ0n) is 15.4. The number of carbonyl (C=O) groups excluding carboxylic acids is 1. The standard InChI is InChI=1S/C19H15F4N5O2/c1-24-16-9-17(26-10-25-16)30-13-5-6-15(14(20)8-13)28-18(29)27-12-4-2-3-11(7-12)19(21,22)23/h2-10H,1H3,(H,24,25,26)(H2,27,28,29). The molecule has 0 saturated heterocycles. The van der Waals surface area contributed by atoms with E-state index in [0.29, 0.717) is 5.82 Å². The van der Waals surface area contributed by atoms with Gasteiger partial charge in [-0.3, -0.25) is 0 Å². The Kier molecular flexibility index (Phi) is 6.00. The highest BCUT2D eigenvalue weighted by atomic mass is 19.4. The van der Waals surface area contributed by atoms with Crippen LogP contribution in [0.25, 0.3) is 0 Å². The Morgan fingerprint density at radius 3 is 2.53 bits per heavy atom. The van der Waals surface area contributed by atoms with Crippen LogP contribution in [-0.4, -0.2) is 23.0 Å². The molecule has 2 amide bonds. The fourth-order valence-corrected chi connectivity index (χ4v) is 2.37. The number of benzene rings is 2. The van der Waals surface area contributed by atoms with Crippen molar-refractivity contribution in [1.29, 1.82) is 0 Å². The van der Waals surface area contributed by atoms with Gasteiger partial charge in [-0.15, -0.1) is 0 Å². The van der Waals surface area contributed by atoms with E-state index in [0.717, 1.165) is 24.3 Å². The topological polar surface area (TPSA) is 88.2 Å². The van der Waals surface area contributed by atoms with Crippen molar-refractivity contribution < 1.29 is 27.1 Å². The number of ether oxygens (including phenoxy) is 1. The van der Waals surface area contributed by atoms with Gasteiger partial charge in [0.1, 0.15) is 23.7 Å². The van der Waals surface area contributed by atoms with Gasteiger partial charge in [0.2, 0.25) is 5.88 Å². The first-order valence-electron chi connectivity index (χ1n) is 8.47. The number of nitrogens with one attached hydrogen (secondary N) is 3. The average molecular weight is 421 g/mol. The summed E-state index contributed by atoms with van der Waals surface area (Å²) in [5.41, 5.74) is -1.20. The van der Waals surface area contributed by atoms with Crippen molar-refractivity contribution in [2.75, 3.05) is 23.0 Å². The first-order valence-corrected chi connectivity index (χ1v) is 8.47. The van der Waals surface area contributed by atoms with E-state index in [-0.39, 0.29) is 23.0 Å². The zero-order valence-corrected chi connectivity index (χ0v) is 15.4. The molecule has 1 heterocycles. The molecule has 3 rings (SSSR count). The zero-order chi connectivity index (χ0) is 21.7. The molecule has 1 aromatic heterocycles. The Balaban J connectivity index is 1.66. The number of hydrogen-bond donors (Lipinski definition) is 3. The lowest BCUT2D eigenvalue weighted by Gasteiger charge is -2.12. The molecular weight excluding hydrogens is 406 g/mol. The van der Waals surface area contributed by atoms with Crippen LogP contribution in [0.3, 0.4) is 0 Å². The van der Waals surface area contributed by atoms with Gasteiger partial charge in [-0.2, -0.15) is 13.2 Å². The molecule has 0 bridgehead atoms. The van der Waals surface area contributed by atoms with Crippen molar-refractivity contribution in [2.45, 2.75) is 6.18 Å². The fourth-order valence-electron chi connectivity index (χ4n) is 2.37. The summed E-state index contributed by atoms with van der Waals surface area (Å²) in [4.78, 5) is 19.8. The van der Waals surface area contributed by atoms with E-state index in [1.165, 1.54) is 30.6 Å². The third-order valence-electron chi connectivity index (χ3n) is 3.76. The predicted octanol–water partition coefficient (Wildman–Crippen LogP) is 5.11. The second-order valence-electron chi connectivity index (χ2n) is 5.89. The van der Waals surface area contributed by atoms with Gasteiger partial charge in [-0.25, -0.2) is 19.2 Å². The van der Waals surface area contributed by atoms with Crippen LogP contribution in [0.5, 0.6) is 11.6 Å². The molecule has 7 nitrogen and oxygen atoms in total. The number of carbonyl (C=O) groups is 1. The van der Waals surface area contributed by atoms with Gasteiger partial charge in [-0.05, 0) is 30.3 Å². The quantitative estimate of drug-likeness (QED) is 0.498. The summed E-state index contributed by atoms with van der Waals surface area (Å²) in [5.74, 6) is -0.00607. The fraction of sp³-hybridized carbons (Fsp3) is 0.105. The van der Waals surface area contributed by atoms with Crippen LogP contribution in [0.15, 0.2) is 54.9 Å². The summed E-state index contributed by atoms with van der Waals surface area (Å²) in [6.45, 7) is 0. The number of urea groups is 1. The van der Waals surface area contributed by atoms with Gasteiger partial charge in [0.15, 0.2) is 0 Å². The summed E-state index contributed by atoms with van der Waals surface area (Å²) >= 11 is 0. The number of anilines is 3. The Morgan fingerprint density at radius 2 is 1.83 bits per heavy atom. The first-order chi connectivity index (χ1) is 14.2. The molecule has 2 aromatic carbocycles. The van der Waals surface area contributed by atoms with E-state index in [2.05, 4.69) is 25.9 Å². The van der Waals surface area contributed by atoms with Crippen molar-refractivity contribution in [3.8, 4) is 11.6 Å². The Morgan fingerprint density at radius 1 is 1.03 bits per heavy atom. The van der Waals surface area contributed by atoms with E-state index in [1.807, 2.05) is 0 Å². The van der Waals surface area contributed by atoms with Crippen molar-refractivity contribution >= 4 is 23.2 Å². The van der Waals surface area contributed by atoms with Gasteiger partial charge < -0.3 is 20.7 Å². The van der Waals surface area contributed by atoms with E-state index in [4.69, 9.17) is 4.74 Å². The Hall–Kier alpha value is -3.89. The molecule has 0 aliphatic heterocycles. The van der Waals surface area contributed by atoms with Gasteiger partial charge in [0, 0.05) is 24.9 Å². The van der Waals surface area contributed by atoms with Crippen LogP contribution in [0.4, 0.5) is 39.5 Å². The van der Waals surface area contributed by atoms with E-state index < -0.39 is 23.6 Å². The van der Waals surface area contributed by atoms with Crippen LogP contribution in [-0.2, 0) is 6.18 Å². The lowest BCUT2D eigenvalue weighted by atomic mass is 10.2. The van der Waals surface area contributed by atoms with Crippen LogP contribution in [0.1, 0.15) is 5.56 Å². The molecule has 0 saturated carbocycles. The molecule has 3 N–H and O–H groups in total. The third kappa shape index (κ3) is 5.34. The second-order valence-corrected chi connectivity index (χ2v) is 5.89. The molecule has 0 aliphatic carbocycles. The SMILES string of the molecule is CNc1cc(Oc2ccc(NC(=O)Nc3cccc(C(F)(F)F)c3)c(F)c2)ncn1. The molecule has 0 spiro atoms. The highest BCUT2D eigenvalue weighted by Crippen LogP contribution is 2.31. The normalized spacial score (nSPS) is 11.0. The average Bonchev–Trinajstić information content (AvgIpc) is 2.70. The van der Waals surface area contributed by atoms with Gasteiger partial charge in [0.05, 0.1) is 11.3 Å². The number of hydrogen-bond acceptors (Lipinski definition) is 5. The molecule has 0 aliphatic rings. The van der Waals surface area contributed by atoms with E-state index in [1.54, 1.807) is 7.05 Å². The third-order valence-corrected chi connectivity index (χ3v) is 3.76. The van der Waals surface area contributed by atoms with Crippen LogP contribution >= 0.6 is 0 Å². The number of alkyl halides is 3. The maximum atomic E-state index is 14.3. The Bertz CT molecular complexity index is 1060. The summed E-state index contributed by atoms with van der Waals surface area (Å²) in [5, 5.41) is 7.26. The van der Waals surface area contributed by atoms with Gasteiger partial charge >= 0.3 is 12.2 Å². The maximum Gasteiger partial charge on any atom is 0.416 e. The molecule has 11 heteroatoms. The molecule has 30 heavy (non-hydrogen) atoms. The molecule has 0 atom stereocenters. The van der Waals surface area contributed by atoms with Crippen molar-refractivity contribution in [1.82, 2.24) is 9.97 Å². The summed E-state index contributed by atoms with van der Waals surface area (Å²) < 4.78 is 58.0. The molecular formula is C19H15F4N5O2. The molecule has 0 unspecified atom stereocenters. The lowest BCUT2D eigenvalue weighted by Crippen LogP contribution is -2.20. The Labute approximate surface area is 168 Å².